The highest BCUT2D eigenvalue weighted by molar-refractivity contribution is 4.87. The van der Waals surface area contributed by atoms with Crippen LogP contribution in [0, 0.1) is 6.20 Å². The molecule has 1 radical (unpaired) electrons. The molecule has 1 aromatic rings. The summed E-state index contributed by atoms with van der Waals surface area (Å²) in [5.74, 6) is 0. The number of aromatic nitrogens is 1. The normalized spacial score (nSPS) is 9.62. The van der Waals surface area contributed by atoms with Gasteiger partial charge in [-0.3, -0.25) is 0 Å². The van der Waals surface area contributed by atoms with Gasteiger partial charge in [-0.1, -0.05) is 6.92 Å². The fourth-order valence-electron chi connectivity index (χ4n) is 0.709. The van der Waals surface area contributed by atoms with Crippen LogP contribution in [-0.2, 0) is 6.54 Å². The third kappa shape index (κ3) is 1.12. The topological polar surface area (TPSA) is 4.93 Å². The van der Waals surface area contributed by atoms with Crippen molar-refractivity contribution in [1.29, 1.82) is 0 Å². The van der Waals surface area contributed by atoms with Crippen molar-refractivity contribution in [2.75, 3.05) is 0 Å². The first-order chi connectivity index (χ1) is 3.93. The maximum Gasteiger partial charge on any atom is 0.0647 e. The molecule has 0 bridgehead atoms. The minimum absolute atomic E-state index is 1.09. The lowest BCUT2D eigenvalue weighted by molar-refractivity contribution is 0.679. The van der Waals surface area contributed by atoms with Crippen LogP contribution in [0.25, 0.3) is 0 Å². The lowest BCUT2D eigenvalue weighted by Crippen LogP contribution is -1.90. The first-order valence-corrected chi connectivity index (χ1v) is 2.96. The molecule has 0 atom stereocenters. The molecule has 1 heterocycles. The van der Waals surface area contributed by atoms with E-state index in [1.54, 1.807) is 0 Å². The summed E-state index contributed by atoms with van der Waals surface area (Å²) in [5.41, 5.74) is 0. The minimum atomic E-state index is 1.09. The smallest absolute Gasteiger partial charge is 0.0647 e. The number of rotatable bonds is 2. The van der Waals surface area contributed by atoms with Crippen LogP contribution in [0.1, 0.15) is 13.3 Å². The zero-order valence-electron chi connectivity index (χ0n) is 5.09. The van der Waals surface area contributed by atoms with Crippen molar-refractivity contribution in [2.24, 2.45) is 0 Å². The molecule has 43 valence electrons. The number of hydrogen-bond donors (Lipinski definition) is 0. The number of nitrogens with zero attached hydrogens (tertiary/aromatic N) is 1. The van der Waals surface area contributed by atoms with Crippen LogP contribution in [0.2, 0.25) is 0 Å². The van der Waals surface area contributed by atoms with Crippen LogP contribution < -0.4 is 0 Å². The molecule has 1 nitrogen and oxygen atoms in total. The fraction of sp³-hybridized carbons (Fsp3) is 0.429. The average Bonchev–Trinajstić information content (AvgIpc) is 2.19. The monoisotopic (exact) mass is 108 g/mol. The summed E-state index contributed by atoms with van der Waals surface area (Å²) < 4.78 is 2.06. The third-order valence-corrected chi connectivity index (χ3v) is 1.07. The summed E-state index contributed by atoms with van der Waals surface area (Å²) in [6.07, 6.45) is 6.27. The molecule has 0 saturated carbocycles. The van der Waals surface area contributed by atoms with Crippen LogP contribution in [0.4, 0.5) is 0 Å². The average molecular weight is 108 g/mol. The molecule has 8 heavy (non-hydrogen) atoms. The molecule has 0 amide bonds. The van der Waals surface area contributed by atoms with Crippen LogP contribution in [0.5, 0.6) is 0 Å². The number of hydrogen-bond acceptors (Lipinski definition) is 0. The van der Waals surface area contributed by atoms with Gasteiger partial charge < -0.3 is 4.57 Å². The van der Waals surface area contributed by atoms with Crippen LogP contribution >= 0.6 is 0 Å². The molecule has 0 aliphatic rings. The van der Waals surface area contributed by atoms with Crippen molar-refractivity contribution in [2.45, 2.75) is 19.9 Å². The van der Waals surface area contributed by atoms with Gasteiger partial charge in [-0.25, -0.2) is 0 Å². The Balaban J connectivity index is 2.50. The summed E-state index contributed by atoms with van der Waals surface area (Å²) >= 11 is 0. The second-order valence-corrected chi connectivity index (χ2v) is 1.83. The van der Waals surface area contributed by atoms with E-state index in [0.717, 1.165) is 6.54 Å². The highest BCUT2D eigenvalue weighted by Crippen LogP contribution is 1.89. The van der Waals surface area contributed by atoms with Gasteiger partial charge >= 0.3 is 0 Å². The van der Waals surface area contributed by atoms with Gasteiger partial charge in [0.2, 0.25) is 0 Å². The zero-order valence-corrected chi connectivity index (χ0v) is 5.09. The highest BCUT2D eigenvalue weighted by Gasteiger charge is 1.81. The van der Waals surface area contributed by atoms with Crippen molar-refractivity contribution in [3.63, 3.8) is 0 Å². The van der Waals surface area contributed by atoms with E-state index in [4.69, 9.17) is 0 Å². The van der Waals surface area contributed by atoms with E-state index in [0.29, 0.717) is 0 Å². The van der Waals surface area contributed by atoms with Crippen molar-refractivity contribution in [3.8, 4) is 0 Å². The fourth-order valence-corrected chi connectivity index (χ4v) is 0.709. The lowest BCUT2D eigenvalue weighted by Gasteiger charge is -1.94. The van der Waals surface area contributed by atoms with Crippen molar-refractivity contribution >= 4 is 0 Å². The van der Waals surface area contributed by atoms with Gasteiger partial charge in [0.05, 0.1) is 6.20 Å². The van der Waals surface area contributed by atoms with E-state index in [-0.39, 0.29) is 0 Å². The van der Waals surface area contributed by atoms with Crippen molar-refractivity contribution in [1.82, 2.24) is 4.57 Å². The SMILES string of the molecule is CCCn1[c]ccc1. The van der Waals surface area contributed by atoms with Gasteiger partial charge in [0, 0.05) is 12.7 Å². The van der Waals surface area contributed by atoms with E-state index in [9.17, 15) is 0 Å². The maximum absolute atomic E-state index is 3.05. The molecule has 1 aromatic heterocycles. The Labute approximate surface area is 49.9 Å². The van der Waals surface area contributed by atoms with Gasteiger partial charge in [-0.2, -0.15) is 0 Å². The third-order valence-electron chi connectivity index (χ3n) is 1.07. The highest BCUT2D eigenvalue weighted by atomic mass is 14.9. The summed E-state index contributed by atoms with van der Waals surface area (Å²) in [4.78, 5) is 0. The zero-order chi connectivity index (χ0) is 5.82. The van der Waals surface area contributed by atoms with E-state index in [1.165, 1.54) is 6.42 Å². The summed E-state index contributed by atoms with van der Waals surface area (Å²) in [5, 5.41) is 0. The Morgan fingerprint density at radius 2 is 2.50 bits per heavy atom. The molecule has 0 aliphatic heterocycles. The molecule has 0 spiro atoms. The van der Waals surface area contributed by atoms with Gasteiger partial charge in [-0.15, -0.1) is 0 Å². The quantitative estimate of drug-likeness (QED) is 0.543. The molecule has 0 N–H and O–H groups in total. The van der Waals surface area contributed by atoms with Gasteiger partial charge in [0.1, 0.15) is 0 Å². The van der Waals surface area contributed by atoms with E-state index < -0.39 is 0 Å². The number of aryl methyl sites for hydroxylation is 1. The molecule has 0 fully saturated rings. The second-order valence-electron chi connectivity index (χ2n) is 1.83. The molecule has 0 aliphatic carbocycles. The predicted molar refractivity (Wildman–Crippen MR) is 33.6 cm³/mol. The molecule has 0 unspecified atom stereocenters. The Kier molecular flexibility index (Phi) is 1.73. The first kappa shape index (κ1) is 5.42. The van der Waals surface area contributed by atoms with Gasteiger partial charge in [0.15, 0.2) is 0 Å². The van der Waals surface area contributed by atoms with Crippen LogP contribution in [-0.4, -0.2) is 4.57 Å². The van der Waals surface area contributed by atoms with Crippen LogP contribution in [0.3, 0.4) is 0 Å². The largest absolute Gasteiger partial charge is 0.346 e. The Bertz CT molecular complexity index is 130. The minimum Gasteiger partial charge on any atom is -0.346 e. The standard InChI is InChI=1S/C7H10N/c1-2-5-8-6-3-4-7-8/h3-4,6H,2,5H2,1H3. The Morgan fingerprint density at radius 3 is 3.00 bits per heavy atom. The van der Waals surface area contributed by atoms with E-state index in [1.807, 2.05) is 18.3 Å². The predicted octanol–water partition coefficient (Wildman–Crippen LogP) is 1.70. The summed E-state index contributed by atoms with van der Waals surface area (Å²) in [6.45, 7) is 3.25. The first-order valence-electron chi connectivity index (χ1n) is 2.96. The van der Waals surface area contributed by atoms with Gasteiger partial charge in [-0.05, 0) is 18.6 Å². The lowest BCUT2D eigenvalue weighted by atomic mass is 10.5. The molecule has 0 aromatic carbocycles. The summed E-state index contributed by atoms with van der Waals surface area (Å²) in [7, 11) is 0. The van der Waals surface area contributed by atoms with Crippen LogP contribution in [0.15, 0.2) is 18.3 Å². The van der Waals surface area contributed by atoms with E-state index in [2.05, 4.69) is 17.7 Å². The van der Waals surface area contributed by atoms with Gasteiger partial charge in [0.25, 0.3) is 0 Å². The van der Waals surface area contributed by atoms with Crippen molar-refractivity contribution in [3.05, 3.63) is 24.5 Å². The second kappa shape index (κ2) is 2.55. The Hall–Kier alpha value is -0.720. The molecule has 1 rings (SSSR count). The van der Waals surface area contributed by atoms with E-state index >= 15 is 0 Å². The van der Waals surface area contributed by atoms with Crippen molar-refractivity contribution < 1.29 is 0 Å². The maximum atomic E-state index is 3.05. The molecule has 0 saturated heterocycles. The Morgan fingerprint density at radius 1 is 1.62 bits per heavy atom. The summed E-state index contributed by atoms with van der Waals surface area (Å²) in [6, 6.07) is 3.92. The molecular weight excluding hydrogens is 98.1 g/mol. The molecular formula is C7H10N. The molecule has 1 heteroatoms.